The van der Waals surface area contributed by atoms with Crippen LogP contribution in [-0.2, 0) is 9.59 Å². The number of carboxylic acid groups (broad SMARTS) is 1. The molecule has 2 aliphatic rings. The Balaban J connectivity index is 2.30. The van der Waals surface area contributed by atoms with Gasteiger partial charge in [-0.1, -0.05) is 24.3 Å². The van der Waals surface area contributed by atoms with Gasteiger partial charge in [0.2, 0.25) is 0 Å². The summed E-state index contributed by atoms with van der Waals surface area (Å²) in [6, 6.07) is 0. The summed E-state index contributed by atoms with van der Waals surface area (Å²) in [4.78, 5) is 21.7. The van der Waals surface area contributed by atoms with E-state index in [-0.39, 0.29) is 11.2 Å². The van der Waals surface area contributed by atoms with Crippen LogP contribution in [0.1, 0.15) is 0 Å². The Labute approximate surface area is 85.2 Å². The summed E-state index contributed by atoms with van der Waals surface area (Å²) in [5.41, 5.74) is 0.654. The van der Waals surface area contributed by atoms with Crippen molar-refractivity contribution in [2.24, 2.45) is 5.92 Å². The van der Waals surface area contributed by atoms with Gasteiger partial charge in [-0.05, 0) is 0 Å². The van der Waals surface area contributed by atoms with E-state index in [1.54, 1.807) is 18.2 Å². The number of aldehydes is 1. The number of hydrogen-bond donors (Lipinski definition) is 1. The van der Waals surface area contributed by atoms with E-state index in [1.165, 1.54) is 11.8 Å². The van der Waals surface area contributed by atoms with E-state index in [0.717, 1.165) is 6.29 Å². The molecule has 0 radical (unpaired) electrons. The van der Waals surface area contributed by atoms with Gasteiger partial charge in [0.05, 0.1) is 4.91 Å². The molecule has 0 amide bonds. The highest BCUT2D eigenvalue weighted by molar-refractivity contribution is 8.05. The van der Waals surface area contributed by atoms with Gasteiger partial charge in [0.15, 0.2) is 0 Å². The molecule has 72 valence electrons. The summed E-state index contributed by atoms with van der Waals surface area (Å²) in [6.45, 7) is 0. The molecule has 0 saturated heterocycles. The molecule has 0 bridgehead atoms. The monoisotopic (exact) mass is 208 g/mol. The van der Waals surface area contributed by atoms with E-state index in [0.29, 0.717) is 10.5 Å². The van der Waals surface area contributed by atoms with Crippen molar-refractivity contribution < 1.29 is 14.7 Å². The van der Waals surface area contributed by atoms with E-state index in [4.69, 9.17) is 5.11 Å². The summed E-state index contributed by atoms with van der Waals surface area (Å²) in [7, 11) is 0. The quantitative estimate of drug-likeness (QED) is 0.696. The molecule has 1 aliphatic heterocycles. The van der Waals surface area contributed by atoms with Crippen LogP contribution in [0, 0.1) is 5.92 Å². The largest absolute Gasteiger partial charge is 0.477 e. The maximum absolute atomic E-state index is 10.7. The number of carbonyl (C=O) groups excluding carboxylic acids is 1. The van der Waals surface area contributed by atoms with Gasteiger partial charge in [-0.25, -0.2) is 4.79 Å². The lowest BCUT2D eigenvalue weighted by Crippen LogP contribution is -2.14. The summed E-state index contributed by atoms with van der Waals surface area (Å²) in [6.07, 6.45) is 7.91. The number of hydrogen-bond acceptors (Lipinski definition) is 3. The lowest BCUT2D eigenvalue weighted by atomic mass is 9.92. The number of rotatable bonds is 2. The van der Waals surface area contributed by atoms with Crippen molar-refractivity contribution >= 4 is 24.0 Å². The topological polar surface area (TPSA) is 54.4 Å². The van der Waals surface area contributed by atoms with Crippen molar-refractivity contribution in [1.82, 2.24) is 0 Å². The lowest BCUT2D eigenvalue weighted by Gasteiger charge is -2.17. The van der Waals surface area contributed by atoms with Crippen molar-refractivity contribution in [1.29, 1.82) is 0 Å². The molecule has 4 heteroatoms. The Morgan fingerprint density at radius 3 is 3.00 bits per heavy atom. The predicted molar refractivity (Wildman–Crippen MR) is 53.9 cm³/mol. The minimum atomic E-state index is -0.914. The van der Waals surface area contributed by atoms with Crippen LogP contribution in [0.15, 0.2) is 34.8 Å². The molecule has 3 nitrogen and oxygen atoms in total. The molecule has 2 rings (SSSR count). The Morgan fingerprint density at radius 2 is 2.36 bits per heavy atom. The first-order chi connectivity index (χ1) is 6.72. The molecule has 0 spiro atoms. The standard InChI is InChI=1S/C10H8O3S/c11-5-6-2-1-3-8-7(6)4-9(14-8)10(12)13/h1-5,7-8H,(H,12,13). The summed E-state index contributed by atoms with van der Waals surface area (Å²) >= 11 is 1.30. The van der Waals surface area contributed by atoms with Gasteiger partial charge in [0, 0.05) is 16.7 Å². The van der Waals surface area contributed by atoms with E-state index in [1.807, 2.05) is 6.08 Å². The molecule has 2 atom stereocenters. The average Bonchev–Trinajstić information content (AvgIpc) is 2.60. The van der Waals surface area contributed by atoms with E-state index in [9.17, 15) is 9.59 Å². The molecule has 0 aromatic heterocycles. The highest BCUT2D eigenvalue weighted by Crippen LogP contribution is 2.42. The number of allylic oxidation sites excluding steroid dienone is 4. The smallest absolute Gasteiger partial charge is 0.341 e. The fourth-order valence-electron chi connectivity index (χ4n) is 1.59. The summed E-state index contributed by atoms with van der Waals surface area (Å²) < 4.78 is 0. The van der Waals surface area contributed by atoms with Gasteiger partial charge in [-0.15, -0.1) is 11.8 Å². The molecule has 0 saturated carbocycles. The maximum Gasteiger partial charge on any atom is 0.341 e. The minimum Gasteiger partial charge on any atom is -0.477 e. The number of thioether (sulfide) groups is 1. The second-order valence-corrected chi connectivity index (χ2v) is 4.33. The molecule has 2 unspecified atom stereocenters. The molecule has 0 aromatic rings. The molecule has 14 heavy (non-hydrogen) atoms. The second-order valence-electron chi connectivity index (χ2n) is 3.11. The van der Waals surface area contributed by atoms with Crippen LogP contribution in [0.2, 0.25) is 0 Å². The van der Waals surface area contributed by atoms with Crippen LogP contribution < -0.4 is 0 Å². The first kappa shape index (κ1) is 9.27. The fraction of sp³-hybridized carbons (Fsp3) is 0.200. The van der Waals surface area contributed by atoms with Gasteiger partial charge < -0.3 is 5.11 Å². The normalized spacial score (nSPS) is 29.1. The number of carbonyl (C=O) groups is 2. The molecule has 0 fully saturated rings. The summed E-state index contributed by atoms with van der Waals surface area (Å²) in [5.74, 6) is -0.975. The zero-order valence-corrected chi connectivity index (χ0v) is 8.03. The molecule has 1 aliphatic carbocycles. The second kappa shape index (κ2) is 3.46. The zero-order valence-electron chi connectivity index (χ0n) is 7.21. The van der Waals surface area contributed by atoms with Gasteiger partial charge in [0.25, 0.3) is 0 Å². The van der Waals surface area contributed by atoms with Crippen LogP contribution in [-0.4, -0.2) is 22.6 Å². The third-order valence-corrected chi connectivity index (χ3v) is 3.56. The van der Waals surface area contributed by atoms with Gasteiger partial charge >= 0.3 is 5.97 Å². The first-order valence-corrected chi connectivity index (χ1v) is 5.05. The third kappa shape index (κ3) is 1.42. The number of fused-ring (bicyclic) bond motifs is 1. The predicted octanol–water partition coefficient (Wildman–Crippen LogP) is 1.38. The SMILES string of the molecule is O=CC1=CC=CC2SC(C(=O)O)=CC12. The Kier molecular flexibility index (Phi) is 2.29. The molecule has 1 N–H and O–H groups in total. The number of aliphatic carboxylic acids is 1. The minimum absolute atomic E-state index is 0.0615. The van der Waals surface area contributed by atoms with Crippen LogP contribution in [0.25, 0.3) is 0 Å². The van der Waals surface area contributed by atoms with Crippen LogP contribution in [0.4, 0.5) is 0 Å². The highest BCUT2D eigenvalue weighted by atomic mass is 32.2. The van der Waals surface area contributed by atoms with Crippen molar-refractivity contribution in [2.45, 2.75) is 5.25 Å². The first-order valence-electron chi connectivity index (χ1n) is 4.17. The van der Waals surface area contributed by atoms with Crippen LogP contribution >= 0.6 is 11.8 Å². The van der Waals surface area contributed by atoms with Gasteiger partial charge in [-0.2, -0.15) is 0 Å². The molecular weight excluding hydrogens is 200 g/mol. The van der Waals surface area contributed by atoms with E-state index in [2.05, 4.69) is 0 Å². The lowest BCUT2D eigenvalue weighted by molar-refractivity contribution is -0.131. The highest BCUT2D eigenvalue weighted by Gasteiger charge is 2.32. The van der Waals surface area contributed by atoms with Crippen molar-refractivity contribution in [3.05, 3.63) is 34.8 Å². The zero-order chi connectivity index (χ0) is 10.1. The third-order valence-electron chi connectivity index (χ3n) is 2.27. The van der Waals surface area contributed by atoms with Crippen molar-refractivity contribution in [2.75, 3.05) is 0 Å². The Morgan fingerprint density at radius 1 is 1.57 bits per heavy atom. The summed E-state index contributed by atoms with van der Waals surface area (Å²) in [5, 5.41) is 8.87. The van der Waals surface area contributed by atoms with Crippen molar-refractivity contribution in [3.63, 3.8) is 0 Å². The molecular formula is C10H8O3S. The van der Waals surface area contributed by atoms with Gasteiger partial charge in [-0.3, -0.25) is 4.79 Å². The Bertz CT molecular complexity index is 379. The van der Waals surface area contributed by atoms with E-state index >= 15 is 0 Å². The fourth-order valence-corrected chi connectivity index (χ4v) is 2.76. The van der Waals surface area contributed by atoms with Crippen LogP contribution in [0.5, 0.6) is 0 Å². The maximum atomic E-state index is 10.7. The molecule has 1 heterocycles. The molecule has 0 aromatic carbocycles. The van der Waals surface area contributed by atoms with E-state index < -0.39 is 5.97 Å². The van der Waals surface area contributed by atoms with Crippen LogP contribution in [0.3, 0.4) is 0 Å². The Hall–Kier alpha value is -1.29. The van der Waals surface area contributed by atoms with Crippen molar-refractivity contribution in [3.8, 4) is 0 Å². The number of carboxylic acids is 1. The average molecular weight is 208 g/mol. The van der Waals surface area contributed by atoms with Gasteiger partial charge in [0.1, 0.15) is 6.29 Å².